The van der Waals surface area contributed by atoms with Crippen LogP contribution in [0.4, 0.5) is 0 Å². The molecule has 1 aromatic rings. The van der Waals surface area contributed by atoms with Crippen LogP contribution in [0.2, 0.25) is 0 Å². The lowest BCUT2D eigenvalue weighted by Gasteiger charge is -2.06. The van der Waals surface area contributed by atoms with Crippen LogP contribution in [0.3, 0.4) is 0 Å². The molecule has 0 spiro atoms. The van der Waals surface area contributed by atoms with Crippen LogP contribution in [0.1, 0.15) is 25.0 Å². The number of aliphatic hydroxyl groups is 1. The van der Waals surface area contributed by atoms with Crippen molar-refractivity contribution in [3.8, 4) is 0 Å². The Morgan fingerprint density at radius 1 is 1.65 bits per heavy atom. The first-order chi connectivity index (χ1) is 8.17. The minimum atomic E-state index is -0.451. The number of amides is 1. The molecule has 0 aliphatic heterocycles. The van der Waals surface area contributed by atoms with Crippen molar-refractivity contribution in [3.63, 3.8) is 0 Å². The fraction of sp³-hybridized carbons (Fsp3) is 0.583. The van der Waals surface area contributed by atoms with Gasteiger partial charge in [-0.2, -0.15) is 0 Å². The highest BCUT2D eigenvalue weighted by atomic mass is 16.5. The van der Waals surface area contributed by atoms with Gasteiger partial charge in [0, 0.05) is 26.0 Å². The van der Waals surface area contributed by atoms with Gasteiger partial charge in [-0.15, -0.1) is 0 Å². The van der Waals surface area contributed by atoms with Gasteiger partial charge in [-0.25, -0.2) is 0 Å². The maximum atomic E-state index is 11.5. The highest BCUT2D eigenvalue weighted by molar-refractivity contribution is 5.75. The first-order valence-corrected chi connectivity index (χ1v) is 5.76. The fourth-order valence-electron chi connectivity index (χ4n) is 1.50. The molecule has 0 aromatic carbocycles. The third-order valence-electron chi connectivity index (χ3n) is 2.50. The molecular weight excluding hydrogens is 220 g/mol. The summed E-state index contributed by atoms with van der Waals surface area (Å²) in [5, 5.41) is 12.4. The molecule has 1 atom stereocenters. The molecule has 2 N–H and O–H groups in total. The van der Waals surface area contributed by atoms with E-state index in [0.717, 1.165) is 5.56 Å². The molecule has 5 heteroatoms. The number of carbonyl (C=O) groups excluding carboxylic acids is 1. The van der Waals surface area contributed by atoms with E-state index in [1.54, 1.807) is 24.1 Å². The van der Waals surface area contributed by atoms with Crippen LogP contribution in [0.25, 0.3) is 0 Å². The summed E-state index contributed by atoms with van der Waals surface area (Å²) in [6.07, 6.45) is 3.81. The average Bonchev–Trinajstić information content (AvgIpc) is 2.77. The summed E-state index contributed by atoms with van der Waals surface area (Å²) >= 11 is 0. The maximum absolute atomic E-state index is 11.5. The second kappa shape index (κ2) is 7.09. The van der Waals surface area contributed by atoms with Gasteiger partial charge in [0.05, 0.1) is 12.7 Å². The van der Waals surface area contributed by atoms with E-state index >= 15 is 0 Å². The average molecular weight is 240 g/mol. The molecular formula is C12H20N2O3. The number of aromatic nitrogens is 1. The van der Waals surface area contributed by atoms with Crippen LogP contribution in [0.15, 0.2) is 18.5 Å². The third kappa shape index (κ3) is 4.58. The van der Waals surface area contributed by atoms with Crippen molar-refractivity contribution >= 4 is 5.91 Å². The fourth-order valence-corrected chi connectivity index (χ4v) is 1.50. The van der Waals surface area contributed by atoms with Gasteiger partial charge in [0.25, 0.3) is 0 Å². The summed E-state index contributed by atoms with van der Waals surface area (Å²) in [6, 6.07) is 1.83. The zero-order chi connectivity index (χ0) is 12.7. The van der Waals surface area contributed by atoms with E-state index in [9.17, 15) is 9.90 Å². The molecule has 0 aliphatic carbocycles. The Labute approximate surface area is 101 Å². The Hall–Kier alpha value is -1.33. The molecule has 0 fully saturated rings. The monoisotopic (exact) mass is 240 g/mol. The standard InChI is InChI=1S/C12H20N2O3/c1-3-11(15)10-4-6-14(8-10)9-12(16)13-5-7-17-2/h4,6,8,11,15H,3,5,7,9H2,1-2H3,(H,13,16). The summed E-state index contributed by atoms with van der Waals surface area (Å²) in [4.78, 5) is 11.5. The van der Waals surface area contributed by atoms with Gasteiger partial charge >= 0.3 is 0 Å². The number of hydrogen-bond acceptors (Lipinski definition) is 3. The van der Waals surface area contributed by atoms with E-state index in [-0.39, 0.29) is 12.5 Å². The van der Waals surface area contributed by atoms with Crippen molar-refractivity contribution in [2.24, 2.45) is 0 Å². The first-order valence-electron chi connectivity index (χ1n) is 5.76. The largest absolute Gasteiger partial charge is 0.388 e. The van der Waals surface area contributed by atoms with Crippen molar-refractivity contribution in [3.05, 3.63) is 24.0 Å². The van der Waals surface area contributed by atoms with Gasteiger partial charge in [-0.05, 0) is 18.1 Å². The van der Waals surface area contributed by atoms with Crippen LogP contribution in [-0.4, -0.2) is 35.8 Å². The summed E-state index contributed by atoms with van der Waals surface area (Å²) in [5.74, 6) is -0.0600. The second-order valence-electron chi connectivity index (χ2n) is 3.88. The number of carbonyl (C=O) groups is 1. The summed E-state index contributed by atoms with van der Waals surface area (Å²) in [5.41, 5.74) is 0.845. The van der Waals surface area contributed by atoms with Crippen molar-refractivity contribution in [2.75, 3.05) is 20.3 Å². The molecule has 5 nitrogen and oxygen atoms in total. The Morgan fingerprint density at radius 3 is 3.06 bits per heavy atom. The lowest BCUT2D eigenvalue weighted by molar-refractivity contribution is -0.121. The molecule has 1 amide bonds. The minimum absolute atomic E-state index is 0.0600. The number of nitrogens with zero attached hydrogens (tertiary/aromatic N) is 1. The molecule has 1 unspecified atom stereocenters. The van der Waals surface area contributed by atoms with Crippen molar-refractivity contribution in [1.29, 1.82) is 0 Å². The molecule has 1 aromatic heterocycles. The van der Waals surface area contributed by atoms with Crippen LogP contribution in [0.5, 0.6) is 0 Å². The molecule has 0 saturated carbocycles. The molecule has 0 bridgehead atoms. The normalized spacial score (nSPS) is 12.4. The summed E-state index contributed by atoms with van der Waals surface area (Å²) in [7, 11) is 1.59. The molecule has 0 radical (unpaired) electrons. The minimum Gasteiger partial charge on any atom is -0.388 e. The Kier molecular flexibility index (Phi) is 5.72. The molecule has 96 valence electrons. The van der Waals surface area contributed by atoms with Crippen LogP contribution in [-0.2, 0) is 16.1 Å². The van der Waals surface area contributed by atoms with E-state index in [1.165, 1.54) is 0 Å². The smallest absolute Gasteiger partial charge is 0.239 e. The van der Waals surface area contributed by atoms with Crippen LogP contribution < -0.4 is 5.32 Å². The van der Waals surface area contributed by atoms with Gasteiger partial charge in [-0.1, -0.05) is 6.92 Å². The number of nitrogens with one attached hydrogen (secondary N) is 1. The Bertz CT molecular complexity index is 349. The topological polar surface area (TPSA) is 63.5 Å². The Balaban J connectivity index is 2.40. The van der Waals surface area contributed by atoms with Crippen molar-refractivity contribution < 1.29 is 14.6 Å². The highest BCUT2D eigenvalue weighted by Gasteiger charge is 2.08. The van der Waals surface area contributed by atoms with Crippen LogP contribution in [0, 0.1) is 0 Å². The molecule has 0 aliphatic rings. The molecule has 0 saturated heterocycles. The number of hydrogen-bond donors (Lipinski definition) is 2. The van der Waals surface area contributed by atoms with E-state index < -0.39 is 6.10 Å². The Morgan fingerprint density at radius 2 is 2.41 bits per heavy atom. The van der Waals surface area contributed by atoms with Gasteiger partial charge in [0.15, 0.2) is 0 Å². The predicted octanol–water partition coefficient (Wildman–Crippen LogP) is 0.694. The number of ether oxygens (including phenoxy) is 1. The van der Waals surface area contributed by atoms with Crippen molar-refractivity contribution in [1.82, 2.24) is 9.88 Å². The zero-order valence-corrected chi connectivity index (χ0v) is 10.3. The van der Waals surface area contributed by atoms with E-state index in [1.807, 2.05) is 13.0 Å². The predicted molar refractivity (Wildman–Crippen MR) is 64.6 cm³/mol. The molecule has 17 heavy (non-hydrogen) atoms. The maximum Gasteiger partial charge on any atom is 0.239 e. The van der Waals surface area contributed by atoms with Crippen LogP contribution >= 0.6 is 0 Å². The molecule has 1 rings (SSSR count). The van der Waals surface area contributed by atoms with Gasteiger partial charge in [0.2, 0.25) is 5.91 Å². The third-order valence-corrected chi connectivity index (χ3v) is 2.50. The SMILES string of the molecule is CCC(O)c1ccn(CC(=O)NCCOC)c1. The highest BCUT2D eigenvalue weighted by Crippen LogP contribution is 2.15. The molecule has 1 heterocycles. The van der Waals surface area contributed by atoms with Gasteiger partial charge in [-0.3, -0.25) is 4.79 Å². The number of aliphatic hydroxyl groups excluding tert-OH is 1. The number of methoxy groups -OCH3 is 1. The van der Waals surface area contributed by atoms with E-state index in [4.69, 9.17) is 4.74 Å². The quantitative estimate of drug-likeness (QED) is 0.689. The van der Waals surface area contributed by atoms with Crippen molar-refractivity contribution in [2.45, 2.75) is 26.0 Å². The zero-order valence-electron chi connectivity index (χ0n) is 10.3. The number of rotatable bonds is 7. The van der Waals surface area contributed by atoms with Gasteiger partial charge < -0.3 is 19.7 Å². The van der Waals surface area contributed by atoms with E-state index in [0.29, 0.717) is 19.6 Å². The second-order valence-corrected chi connectivity index (χ2v) is 3.88. The van der Waals surface area contributed by atoms with E-state index in [2.05, 4.69) is 5.32 Å². The summed E-state index contributed by atoms with van der Waals surface area (Å²) < 4.78 is 6.60. The lowest BCUT2D eigenvalue weighted by atomic mass is 10.1. The summed E-state index contributed by atoms with van der Waals surface area (Å²) in [6.45, 7) is 3.21. The lowest BCUT2D eigenvalue weighted by Crippen LogP contribution is -2.29. The van der Waals surface area contributed by atoms with Gasteiger partial charge in [0.1, 0.15) is 6.54 Å². The first kappa shape index (κ1) is 13.7.